The first kappa shape index (κ1) is 11.9. The first-order valence-electron chi connectivity index (χ1n) is 6.45. The fourth-order valence-electron chi connectivity index (χ4n) is 2.56. The Hall–Kier alpha value is -0.610. The second-order valence-electron chi connectivity index (χ2n) is 4.92. The van der Waals surface area contributed by atoms with E-state index in [2.05, 4.69) is 5.32 Å². The first-order valence-corrected chi connectivity index (χ1v) is 6.45. The highest BCUT2D eigenvalue weighted by atomic mass is 16.5. The van der Waals surface area contributed by atoms with Gasteiger partial charge in [-0.15, -0.1) is 0 Å². The molecule has 0 bridgehead atoms. The van der Waals surface area contributed by atoms with Gasteiger partial charge in [-0.25, -0.2) is 0 Å². The van der Waals surface area contributed by atoms with Crippen LogP contribution in [0.5, 0.6) is 0 Å². The molecule has 2 aliphatic rings. The maximum atomic E-state index is 11.9. The third-order valence-corrected chi connectivity index (χ3v) is 3.62. The van der Waals surface area contributed by atoms with Crippen LogP contribution in [0, 0.1) is 0 Å². The molecule has 1 saturated heterocycles. The molecular weight excluding hydrogens is 204 g/mol. The lowest BCUT2D eigenvalue weighted by Gasteiger charge is -2.31. The minimum absolute atomic E-state index is 0.0436. The van der Waals surface area contributed by atoms with Crippen molar-refractivity contribution in [2.24, 2.45) is 5.73 Å². The lowest BCUT2D eigenvalue weighted by molar-refractivity contribution is -0.136. The number of rotatable bonds is 2. The summed E-state index contributed by atoms with van der Waals surface area (Å²) in [6.07, 6.45) is 7.19. The van der Waals surface area contributed by atoms with Crippen LogP contribution in [0.15, 0.2) is 0 Å². The molecule has 2 fully saturated rings. The minimum Gasteiger partial charge on any atom is -0.368 e. The van der Waals surface area contributed by atoms with E-state index in [1.54, 1.807) is 0 Å². The number of nitrogens with one attached hydrogen (secondary N) is 1. The molecule has 0 aromatic heterocycles. The molecule has 3 atom stereocenters. The third kappa shape index (κ3) is 2.95. The Balaban J connectivity index is 1.80. The third-order valence-electron chi connectivity index (χ3n) is 3.62. The van der Waals surface area contributed by atoms with Gasteiger partial charge < -0.3 is 15.8 Å². The van der Waals surface area contributed by atoms with Gasteiger partial charge in [0.1, 0.15) is 6.10 Å². The largest absolute Gasteiger partial charge is 0.368 e. The summed E-state index contributed by atoms with van der Waals surface area (Å²) in [5.41, 5.74) is 6.00. The lowest BCUT2D eigenvalue weighted by Crippen LogP contribution is -2.52. The average Bonchev–Trinajstić information content (AvgIpc) is 2.33. The second kappa shape index (κ2) is 5.64. The molecular formula is C12H22N2O2. The highest BCUT2D eigenvalue weighted by Crippen LogP contribution is 2.18. The van der Waals surface area contributed by atoms with Gasteiger partial charge in [0, 0.05) is 18.7 Å². The fraction of sp³-hybridized carbons (Fsp3) is 0.917. The van der Waals surface area contributed by atoms with Gasteiger partial charge in [-0.05, 0) is 32.1 Å². The van der Waals surface area contributed by atoms with Crippen molar-refractivity contribution in [2.45, 2.75) is 63.1 Å². The number of ether oxygens (including phenoxy) is 1. The molecule has 4 nitrogen and oxygen atoms in total. The number of hydrogen-bond donors (Lipinski definition) is 2. The van der Waals surface area contributed by atoms with Crippen LogP contribution in [0.1, 0.15) is 44.9 Å². The van der Waals surface area contributed by atoms with Gasteiger partial charge in [0.2, 0.25) is 5.91 Å². The van der Waals surface area contributed by atoms with E-state index >= 15 is 0 Å². The number of carbonyl (C=O) groups is 1. The summed E-state index contributed by atoms with van der Waals surface area (Å²) < 4.78 is 5.46. The molecule has 0 aromatic carbocycles. The summed E-state index contributed by atoms with van der Waals surface area (Å²) in [4.78, 5) is 11.9. The van der Waals surface area contributed by atoms with Crippen LogP contribution < -0.4 is 11.1 Å². The topological polar surface area (TPSA) is 64.3 Å². The number of hydrogen-bond acceptors (Lipinski definition) is 3. The maximum absolute atomic E-state index is 11.9. The maximum Gasteiger partial charge on any atom is 0.249 e. The van der Waals surface area contributed by atoms with Crippen molar-refractivity contribution >= 4 is 5.91 Å². The predicted octanol–water partition coefficient (Wildman–Crippen LogP) is 0.942. The van der Waals surface area contributed by atoms with Crippen LogP contribution in [0.4, 0.5) is 0 Å². The summed E-state index contributed by atoms with van der Waals surface area (Å²) >= 11 is 0. The van der Waals surface area contributed by atoms with Crippen LogP contribution in [0.2, 0.25) is 0 Å². The van der Waals surface area contributed by atoms with E-state index in [9.17, 15) is 4.79 Å². The van der Waals surface area contributed by atoms with E-state index in [-0.39, 0.29) is 24.1 Å². The summed E-state index contributed by atoms with van der Waals surface area (Å²) in [5.74, 6) is 0.0436. The smallest absolute Gasteiger partial charge is 0.249 e. The zero-order chi connectivity index (χ0) is 11.4. The monoisotopic (exact) mass is 226 g/mol. The molecule has 1 amide bonds. The van der Waals surface area contributed by atoms with Gasteiger partial charge in [0.15, 0.2) is 0 Å². The number of carbonyl (C=O) groups excluding carboxylic acids is 1. The van der Waals surface area contributed by atoms with E-state index in [1.807, 2.05) is 0 Å². The van der Waals surface area contributed by atoms with Crippen LogP contribution in [0.25, 0.3) is 0 Å². The van der Waals surface area contributed by atoms with Crippen LogP contribution in [0.3, 0.4) is 0 Å². The summed E-state index contributed by atoms with van der Waals surface area (Å²) in [6, 6.07) is 0.285. The summed E-state index contributed by atoms with van der Waals surface area (Å²) in [5, 5.41) is 3.05. The van der Waals surface area contributed by atoms with E-state index in [0.29, 0.717) is 0 Å². The molecule has 1 unspecified atom stereocenters. The Bertz CT molecular complexity index is 239. The SMILES string of the molecule is N[C@@H]1CCCC[C@H]1NC(=O)C1CCCCO1. The molecule has 16 heavy (non-hydrogen) atoms. The molecule has 0 aromatic rings. The number of nitrogens with two attached hydrogens (primary N) is 1. The van der Waals surface area contributed by atoms with Crippen LogP contribution in [-0.4, -0.2) is 30.7 Å². The van der Waals surface area contributed by atoms with Crippen molar-refractivity contribution in [3.63, 3.8) is 0 Å². The van der Waals surface area contributed by atoms with Gasteiger partial charge in [0.05, 0.1) is 0 Å². The molecule has 1 heterocycles. The van der Waals surface area contributed by atoms with Gasteiger partial charge in [-0.1, -0.05) is 12.8 Å². The molecule has 0 radical (unpaired) electrons. The van der Waals surface area contributed by atoms with E-state index in [1.165, 1.54) is 12.8 Å². The highest BCUT2D eigenvalue weighted by Gasteiger charge is 2.28. The quantitative estimate of drug-likeness (QED) is 0.736. The van der Waals surface area contributed by atoms with Crippen molar-refractivity contribution in [1.29, 1.82) is 0 Å². The van der Waals surface area contributed by atoms with Crippen molar-refractivity contribution in [2.75, 3.05) is 6.61 Å². The zero-order valence-corrected chi connectivity index (χ0v) is 9.78. The van der Waals surface area contributed by atoms with Gasteiger partial charge >= 0.3 is 0 Å². The predicted molar refractivity (Wildman–Crippen MR) is 62.0 cm³/mol. The highest BCUT2D eigenvalue weighted by molar-refractivity contribution is 5.81. The van der Waals surface area contributed by atoms with Crippen molar-refractivity contribution in [1.82, 2.24) is 5.32 Å². The minimum atomic E-state index is -0.233. The molecule has 1 saturated carbocycles. The Morgan fingerprint density at radius 3 is 2.56 bits per heavy atom. The average molecular weight is 226 g/mol. The van der Waals surface area contributed by atoms with Crippen LogP contribution in [-0.2, 0) is 9.53 Å². The molecule has 1 aliphatic carbocycles. The van der Waals surface area contributed by atoms with Gasteiger partial charge in [0.25, 0.3) is 0 Å². The van der Waals surface area contributed by atoms with Crippen LogP contribution >= 0.6 is 0 Å². The van der Waals surface area contributed by atoms with Crippen molar-refractivity contribution < 1.29 is 9.53 Å². The normalized spacial score (nSPS) is 35.7. The number of amides is 1. The lowest BCUT2D eigenvalue weighted by atomic mass is 9.91. The van der Waals surface area contributed by atoms with Gasteiger partial charge in [-0.3, -0.25) is 4.79 Å². The summed E-state index contributed by atoms with van der Waals surface area (Å²) in [6.45, 7) is 0.717. The Labute approximate surface area is 96.9 Å². The second-order valence-corrected chi connectivity index (χ2v) is 4.92. The summed E-state index contributed by atoms with van der Waals surface area (Å²) in [7, 11) is 0. The van der Waals surface area contributed by atoms with E-state index in [0.717, 1.165) is 38.7 Å². The standard InChI is InChI=1S/C12H22N2O2/c13-9-5-1-2-6-10(9)14-12(15)11-7-3-4-8-16-11/h9-11H,1-8,13H2,(H,14,15)/t9-,10-,11?/m1/s1. The molecule has 0 spiro atoms. The Morgan fingerprint density at radius 1 is 1.12 bits per heavy atom. The zero-order valence-electron chi connectivity index (χ0n) is 9.78. The molecule has 3 N–H and O–H groups in total. The molecule has 1 aliphatic heterocycles. The molecule has 4 heteroatoms. The van der Waals surface area contributed by atoms with E-state index in [4.69, 9.17) is 10.5 Å². The first-order chi connectivity index (χ1) is 7.77. The molecule has 2 rings (SSSR count). The Kier molecular flexibility index (Phi) is 4.18. The fourth-order valence-corrected chi connectivity index (χ4v) is 2.56. The van der Waals surface area contributed by atoms with Crippen molar-refractivity contribution in [3.05, 3.63) is 0 Å². The van der Waals surface area contributed by atoms with E-state index < -0.39 is 0 Å². The van der Waals surface area contributed by atoms with Gasteiger partial charge in [-0.2, -0.15) is 0 Å². The van der Waals surface area contributed by atoms with Crippen molar-refractivity contribution in [3.8, 4) is 0 Å². The molecule has 92 valence electrons. The Morgan fingerprint density at radius 2 is 1.88 bits per heavy atom.